The Bertz CT molecular complexity index is 224. The summed E-state index contributed by atoms with van der Waals surface area (Å²) in [7, 11) is 0. The van der Waals surface area contributed by atoms with Crippen molar-refractivity contribution in [3.8, 4) is 0 Å². The SMILES string of the molecule is c1ccn(CCOC2CCCC2)c1. The van der Waals surface area contributed by atoms with Crippen molar-refractivity contribution >= 4 is 0 Å². The quantitative estimate of drug-likeness (QED) is 0.692. The van der Waals surface area contributed by atoms with Crippen LogP contribution >= 0.6 is 0 Å². The molecule has 1 saturated carbocycles. The second-order valence-electron chi connectivity index (χ2n) is 3.70. The minimum absolute atomic E-state index is 0.551. The van der Waals surface area contributed by atoms with E-state index in [0.29, 0.717) is 6.10 Å². The molecule has 72 valence electrons. The molecule has 0 bridgehead atoms. The lowest BCUT2D eigenvalue weighted by molar-refractivity contribution is 0.0530. The van der Waals surface area contributed by atoms with Gasteiger partial charge in [0.15, 0.2) is 0 Å². The molecule has 1 aromatic rings. The van der Waals surface area contributed by atoms with Gasteiger partial charge in [-0.25, -0.2) is 0 Å². The van der Waals surface area contributed by atoms with Crippen molar-refractivity contribution in [3.63, 3.8) is 0 Å². The molecule has 0 aromatic carbocycles. The maximum absolute atomic E-state index is 5.76. The Balaban J connectivity index is 1.63. The highest BCUT2D eigenvalue weighted by atomic mass is 16.5. The first-order valence-corrected chi connectivity index (χ1v) is 5.17. The van der Waals surface area contributed by atoms with E-state index in [2.05, 4.69) is 29.1 Å². The summed E-state index contributed by atoms with van der Waals surface area (Å²) in [6.45, 7) is 1.85. The molecular weight excluding hydrogens is 162 g/mol. The average Bonchev–Trinajstić information content (AvgIpc) is 2.75. The zero-order valence-electron chi connectivity index (χ0n) is 7.98. The van der Waals surface area contributed by atoms with Gasteiger partial charge < -0.3 is 9.30 Å². The first-order chi connectivity index (χ1) is 6.45. The molecule has 1 fully saturated rings. The van der Waals surface area contributed by atoms with Crippen LogP contribution in [0.4, 0.5) is 0 Å². The van der Waals surface area contributed by atoms with Crippen LogP contribution in [0.25, 0.3) is 0 Å². The first kappa shape index (κ1) is 8.82. The first-order valence-electron chi connectivity index (χ1n) is 5.17. The topological polar surface area (TPSA) is 14.2 Å². The van der Waals surface area contributed by atoms with Gasteiger partial charge in [-0.15, -0.1) is 0 Å². The molecule has 13 heavy (non-hydrogen) atoms. The van der Waals surface area contributed by atoms with Crippen molar-refractivity contribution in [1.82, 2.24) is 4.57 Å². The summed E-state index contributed by atoms with van der Waals surface area (Å²) in [6.07, 6.45) is 9.96. The van der Waals surface area contributed by atoms with Crippen molar-refractivity contribution in [1.29, 1.82) is 0 Å². The van der Waals surface area contributed by atoms with Gasteiger partial charge in [-0.05, 0) is 25.0 Å². The van der Waals surface area contributed by atoms with Crippen LogP contribution < -0.4 is 0 Å². The lowest BCUT2D eigenvalue weighted by Gasteiger charge is -2.10. The predicted octanol–water partition coefficient (Wildman–Crippen LogP) is 2.45. The molecule has 0 saturated heterocycles. The second-order valence-corrected chi connectivity index (χ2v) is 3.70. The van der Waals surface area contributed by atoms with Crippen molar-refractivity contribution in [2.24, 2.45) is 0 Å². The molecule has 0 spiro atoms. The summed E-state index contributed by atoms with van der Waals surface area (Å²) in [6, 6.07) is 4.10. The van der Waals surface area contributed by atoms with Gasteiger partial charge in [0.05, 0.1) is 12.7 Å². The molecule has 0 aliphatic heterocycles. The van der Waals surface area contributed by atoms with Crippen molar-refractivity contribution < 1.29 is 4.74 Å². The molecular formula is C11H17NO. The van der Waals surface area contributed by atoms with Crippen LogP contribution in [0.3, 0.4) is 0 Å². The summed E-state index contributed by atoms with van der Waals surface area (Å²) in [4.78, 5) is 0. The van der Waals surface area contributed by atoms with Gasteiger partial charge in [0.2, 0.25) is 0 Å². The fourth-order valence-corrected chi connectivity index (χ4v) is 1.90. The third-order valence-electron chi connectivity index (χ3n) is 2.67. The zero-order chi connectivity index (χ0) is 8.93. The van der Waals surface area contributed by atoms with Crippen LogP contribution in [-0.4, -0.2) is 17.3 Å². The predicted molar refractivity (Wildman–Crippen MR) is 52.6 cm³/mol. The minimum atomic E-state index is 0.551. The number of hydrogen-bond acceptors (Lipinski definition) is 1. The van der Waals surface area contributed by atoms with Crippen LogP contribution in [0.15, 0.2) is 24.5 Å². The molecule has 1 aliphatic rings. The molecule has 0 amide bonds. The Kier molecular flexibility index (Phi) is 3.03. The van der Waals surface area contributed by atoms with Gasteiger partial charge in [-0.3, -0.25) is 0 Å². The molecule has 1 aromatic heterocycles. The van der Waals surface area contributed by atoms with Crippen molar-refractivity contribution in [2.45, 2.75) is 38.3 Å². The van der Waals surface area contributed by atoms with E-state index < -0.39 is 0 Å². The monoisotopic (exact) mass is 179 g/mol. The summed E-state index contributed by atoms with van der Waals surface area (Å²) in [5.74, 6) is 0. The van der Waals surface area contributed by atoms with E-state index in [4.69, 9.17) is 4.74 Å². The van der Waals surface area contributed by atoms with E-state index >= 15 is 0 Å². The van der Waals surface area contributed by atoms with E-state index in [1.165, 1.54) is 25.7 Å². The minimum Gasteiger partial charge on any atom is -0.376 e. The Hall–Kier alpha value is -0.760. The summed E-state index contributed by atoms with van der Waals surface area (Å²) < 4.78 is 7.92. The molecule has 1 aliphatic carbocycles. The van der Waals surface area contributed by atoms with Crippen molar-refractivity contribution in [3.05, 3.63) is 24.5 Å². The van der Waals surface area contributed by atoms with E-state index in [-0.39, 0.29) is 0 Å². The number of hydrogen-bond donors (Lipinski definition) is 0. The van der Waals surface area contributed by atoms with Gasteiger partial charge in [0.25, 0.3) is 0 Å². The van der Waals surface area contributed by atoms with Crippen LogP contribution in [-0.2, 0) is 11.3 Å². The number of nitrogens with zero attached hydrogens (tertiary/aromatic N) is 1. The Morgan fingerprint density at radius 3 is 2.54 bits per heavy atom. The van der Waals surface area contributed by atoms with Gasteiger partial charge in [0.1, 0.15) is 0 Å². The molecule has 0 N–H and O–H groups in total. The molecule has 2 nitrogen and oxygen atoms in total. The maximum Gasteiger partial charge on any atom is 0.0649 e. The lowest BCUT2D eigenvalue weighted by Crippen LogP contribution is -2.12. The second kappa shape index (κ2) is 4.47. The van der Waals surface area contributed by atoms with E-state index in [1.54, 1.807) is 0 Å². The molecule has 0 unspecified atom stereocenters. The molecule has 0 atom stereocenters. The smallest absolute Gasteiger partial charge is 0.0649 e. The standard InChI is InChI=1S/C11H17NO/c1-2-6-11(5-1)13-10-9-12-7-3-4-8-12/h3-4,7-8,11H,1-2,5-6,9-10H2. The van der Waals surface area contributed by atoms with Crippen LogP contribution in [0.2, 0.25) is 0 Å². The summed E-state index contributed by atoms with van der Waals surface area (Å²) >= 11 is 0. The molecule has 2 heteroatoms. The number of aromatic nitrogens is 1. The summed E-state index contributed by atoms with van der Waals surface area (Å²) in [5.41, 5.74) is 0. The van der Waals surface area contributed by atoms with Gasteiger partial charge in [-0.2, -0.15) is 0 Å². The lowest BCUT2D eigenvalue weighted by atomic mass is 10.3. The highest BCUT2D eigenvalue weighted by molar-refractivity contribution is 4.90. The summed E-state index contributed by atoms with van der Waals surface area (Å²) in [5, 5.41) is 0. The fourth-order valence-electron chi connectivity index (χ4n) is 1.90. The zero-order valence-corrected chi connectivity index (χ0v) is 7.98. The third kappa shape index (κ3) is 2.59. The average molecular weight is 179 g/mol. The van der Waals surface area contributed by atoms with Gasteiger partial charge in [-0.1, -0.05) is 12.8 Å². The molecule has 2 rings (SSSR count). The van der Waals surface area contributed by atoms with Gasteiger partial charge in [0, 0.05) is 18.9 Å². The Morgan fingerprint density at radius 1 is 1.15 bits per heavy atom. The highest BCUT2D eigenvalue weighted by Crippen LogP contribution is 2.20. The largest absolute Gasteiger partial charge is 0.376 e. The number of rotatable bonds is 4. The third-order valence-corrected chi connectivity index (χ3v) is 2.67. The number of ether oxygens (including phenoxy) is 1. The van der Waals surface area contributed by atoms with Crippen LogP contribution in [0.5, 0.6) is 0 Å². The van der Waals surface area contributed by atoms with E-state index in [9.17, 15) is 0 Å². The van der Waals surface area contributed by atoms with E-state index in [1.807, 2.05) is 0 Å². The van der Waals surface area contributed by atoms with Crippen LogP contribution in [0, 0.1) is 0 Å². The van der Waals surface area contributed by atoms with Gasteiger partial charge >= 0.3 is 0 Å². The van der Waals surface area contributed by atoms with E-state index in [0.717, 1.165) is 13.2 Å². The highest BCUT2D eigenvalue weighted by Gasteiger charge is 2.14. The molecule has 0 radical (unpaired) electrons. The Morgan fingerprint density at radius 2 is 1.85 bits per heavy atom. The Labute approximate surface area is 79.5 Å². The fraction of sp³-hybridized carbons (Fsp3) is 0.636. The maximum atomic E-state index is 5.76. The van der Waals surface area contributed by atoms with Crippen molar-refractivity contribution in [2.75, 3.05) is 6.61 Å². The normalized spacial score (nSPS) is 18.2. The molecule has 1 heterocycles. The van der Waals surface area contributed by atoms with Crippen LogP contribution in [0.1, 0.15) is 25.7 Å².